The summed E-state index contributed by atoms with van der Waals surface area (Å²) in [6.45, 7) is 12.4. The van der Waals surface area contributed by atoms with E-state index in [9.17, 15) is 24.0 Å². The van der Waals surface area contributed by atoms with Crippen molar-refractivity contribution in [2.24, 2.45) is 35.0 Å². The molecule has 3 aliphatic rings. The highest BCUT2D eigenvalue weighted by molar-refractivity contribution is 6.38. The summed E-state index contributed by atoms with van der Waals surface area (Å²) >= 11 is 0. The third-order valence-electron chi connectivity index (χ3n) is 8.93. The number of nitrogens with one attached hydrogen (secondary N) is 3. The zero-order valence-corrected chi connectivity index (χ0v) is 25.9. The second kappa shape index (κ2) is 13.0. The molecule has 42 heavy (non-hydrogen) atoms. The van der Waals surface area contributed by atoms with Crippen molar-refractivity contribution in [3.8, 4) is 0 Å². The van der Waals surface area contributed by atoms with Gasteiger partial charge >= 0.3 is 0 Å². The lowest BCUT2D eigenvalue weighted by atomic mass is 9.81. The van der Waals surface area contributed by atoms with Gasteiger partial charge in [0.25, 0.3) is 5.91 Å². The SMILES string of the molecule is CC(C)[C@@H]1[C@@H](C(=O)NC(CC2CC2)C(=O)C(=O)NCc2ccccc2)N(C(=O)[C@@H](NC(=O)C2CC2)C(C)(C)C)C[C@@H]1C. The summed E-state index contributed by atoms with van der Waals surface area (Å²) in [6.07, 6.45) is 3.96. The highest BCUT2D eigenvalue weighted by Gasteiger charge is 2.51. The van der Waals surface area contributed by atoms with Crippen LogP contribution in [0.1, 0.15) is 79.2 Å². The molecule has 0 bridgehead atoms. The van der Waals surface area contributed by atoms with Crippen molar-refractivity contribution in [3.63, 3.8) is 0 Å². The molecule has 1 unspecified atom stereocenters. The molecule has 3 fully saturated rings. The van der Waals surface area contributed by atoms with Gasteiger partial charge < -0.3 is 20.9 Å². The van der Waals surface area contributed by atoms with E-state index in [2.05, 4.69) is 16.0 Å². The van der Waals surface area contributed by atoms with Gasteiger partial charge in [0, 0.05) is 19.0 Å². The van der Waals surface area contributed by atoms with Crippen molar-refractivity contribution in [1.29, 1.82) is 0 Å². The first-order valence-corrected chi connectivity index (χ1v) is 15.5. The number of rotatable bonds is 12. The molecule has 1 aromatic carbocycles. The summed E-state index contributed by atoms with van der Waals surface area (Å²) in [5, 5.41) is 8.59. The van der Waals surface area contributed by atoms with Gasteiger partial charge in [-0.25, -0.2) is 0 Å². The quantitative estimate of drug-likeness (QED) is 0.328. The lowest BCUT2D eigenvalue weighted by molar-refractivity contribution is -0.146. The van der Waals surface area contributed by atoms with E-state index in [-0.39, 0.29) is 47.9 Å². The van der Waals surface area contributed by atoms with Crippen LogP contribution in [0.2, 0.25) is 0 Å². The standard InChI is InChI=1S/C33H48N4O5/c1-19(2)25-20(3)18-37(32(42)28(33(4,5)6)36-29(39)23-14-15-23)26(25)30(40)35-24(16-21-12-13-21)27(38)31(41)34-17-22-10-8-7-9-11-22/h7-11,19-21,23-26,28H,12-18H2,1-6H3,(H,34,41)(H,35,40)(H,36,39)/t20-,24?,25-,26-,28+/m0/s1. The van der Waals surface area contributed by atoms with E-state index in [1.165, 1.54) is 0 Å². The van der Waals surface area contributed by atoms with Crippen molar-refractivity contribution in [3.05, 3.63) is 35.9 Å². The Morgan fingerprint density at radius 3 is 2.12 bits per heavy atom. The minimum absolute atomic E-state index is 0.0382. The molecule has 4 amide bonds. The van der Waals surface area contributed by atoms with Crippen molar-refractivity contribution >= 4 is 29.4 Å². The van der Waals surface area contributed by atoms with Crippen molar-refractivity contribution in [2.45, 2.75) is 98.3 Å². The highest BCUT2D eigenvalue weighted by atomic mass is 16.2. The molecule has 9 heteroatoms. The summed E-state index contributed by atoms with van der Waals surface area (Å²) in [7, 11) is 0. The number of carbonyl (C=O) groups is 5. The van der Waals surface area contributed by atoms with Crippen LogP contribution in [0.5, 0.6) is 0 Å². The van der Waals surface area contributed by atoms with E-state index in [1.807, 2.05) is 71.9 Å². The van der Waals surface area contributed by atoms with Gasteiger partial charge in [0.2, 0.25) is 23.5 Å². The lowest BCUT2D eigenvalue weighted by Gasteiger charge is -2.37. The molecule has 1 saturated heterocycles. The Labute approximate surface area is 249 Å². The molecule has 0 spiro atoms. The largest absolute Gasteiger partial charge is 0.345 e. The fraction of sp³-hybridized carbons (Fsp3) is 0.667. The van der Waals surface area contributed by atoms with Crippen molar-refractivity contribution in [1.82, 2.24) is 20.9 Å². The third-order valence-corrected chi connectivity index (χ3v) is 8.93. The minimum atomic E-state index is -0.963. The van der Waals surface area contributed by atoms with Crippen LogP contribution in [0.3, 0.4) is 0 Å². The number of benzene rings is 1. The van der Waals surface area contributed by atoms with Gasteiger partial charge in [-0.1, -0.05) is 84.7 Å². The first kappa shape index (κ1) is 31.7. The summed E-state index contributed by atoms with van der Waals surface area (Å²) in [6, 6.07) is 6.78. The molecule has 1 heterocycles. The van der Waals surface area contributed by atoms with Gasteiger partial charge in [-0.15, -0.1) is 0 Å². The molecular weight excluding hydrogens is 532 g/mol. The van der Waals surface area contributed by atoms with Crippen LogP contribution in [0, 0.1) is 35.0 Å². The van der Waals surface area contributed by atoms with Crippen LogP contribution < -0.4 is 16.0 Å². The van der Waals surface area contributed by atoms with E-state index < -0.39 is 41.1 Å². The van der Waals surface area contributed by atoms with Gasteiger partial charge in [-0.2, -0.15) is 0 Å². The molecule has 2 aliphatic carbocycles. The monoisotopic (exact) mass is 580 g/mol. The third kappa shape index (κ3) is 7.78. The fourth-order valence-electron chi connectivity index (χ4n) is 6.25. The van der Waals surface area contributed by atoms with E-state index in [4.69, 9.17) is 0 Å². The van der Waals surface area contributed by atoms with Crippen LogP contribution in [-0.4, -0.2) is 59.0 Å². The number of ketones is 1. The van der Waals surface area contributed by atoms with Crippen LogP contribution >= 0.6 is 0 Å². The number of nitrogens with zero attached hydrogens (tertiary/aromatic N) is 1. The number of carbonyl (C=O) groups excluding carboxylic acids is 5. The second-order valence-corrected chi connectivity index (χ2v) is 14.1. The Bertz CT molecular complexity index is 1170. The Balaban J connectivity index is 1.53. The number of likely N-dealkylation sites (tertiary alicyclic amines) is 1. The number of hydrogen-bond donors (Lipinski definition) is 3. The molecule has 9 nitrogen and oxygen atoms in total. The van der Waals surface area contributed by atoms with Crippen molar-refractivity contribution in [2.75, 3.05) is 6.54 Å². The molecule has 2 saturated carbocycles. The predicted molar refractivity (Wildman–Crippen MR) is 160 cm³/mol. The number of hydrogen-bond acceptors (Lipinski definition) is 5. The molecule has 0 aromatic heterocycles. The fourth-order valence-corrected chi connectivity index (χ4v) is 6.25. The highest BCUT2D eigenvalue weighted by Crippen LogP contribution is 2.38. The van der Waals surface area contributed by atoms with Gasteiger partial charge in [0.1, 0.15) is 12.1 Å². The summed E-state index contributed by atoms with van der Waals surface area (Å²) < 4.78 is 0. The van der Waals surface area contributed by atoms with Crippen LogP contribution in [0.4, 0.5) is 0 Å². The second-order valence-electron chi connectivity index (χ2n) is 14.1. The average Bonchev–Trinajstić information content (AvgIpc) is 3.87. The van der Waals surface area contributed by atoms with Crippen LogP contribution in [0.25, 0.3) is 0 Å². The van der Waals surface area contributed by atoms with Gasteiger partial charge in [0.05, 0.1) is 6.04 Å². The Morgan fingerprint density at radius 2 is 1.57 bits per heavy atom. The molecular formula is C33H48N4O5. The normalized spacial score (nSPS) is 23.7. The molecule has 1 aromatic rings. The molecule has 230 valence electrons. The summed E-state index contributed by atoms with van der Waals surface area (Å²) in [5.41, 5.74) is 0.306. The van der Waals surface area contributed by atoms with Crippen LogP contribution in [-0.2, 0) is 30.5 Å². The molecule has 0 radical (unpaired) electrons. The summed E-state index contributed by atoms with van der Waals surface area (Å²) in [4.78, 5) is 68.8. The van der Waals surface area contributed by atoms with E-state index in [0.29, 0.717) is 13.0 Å². The maximum atomic E-state index is 14.1. The maximum Gasteiger partial charge on any atom is 0.289 e. The zero-order valence-electron chi connectivity index (χ0n) is 25.9. The first-order chi connectivity index (χ1) is 19.8. The minimum Gasteiger partial charge on any atom is -0.345 e. The van der Waals surface area contributed by atoms with Gasteiger partial charge in [-0.3, -0.25) is 24.0 Å². The first-order valence-electron chi connectivity index (χ1n) is 15.5. The van der Waals surface area contributed by atoms with Crippen LogP contribution in [0.15, 0.2) is 30.3 Å². The number of Topliss-reactive ketones (excluding diaryl/α,β-unsaturated/α-hetero) is 1. The topological polar surface area (TPSA) is 125 Å². The summed E-state index contributed by atoms with van der Waals surface area (Å²) in [5.74, 6) is -1.99. The van der Waals surface area contributed by atoms with Gasteiger partial charge in [-0.05, 0) is 53.9 Å². The Hall–Kier alpha value is -3.23. The molecule has 1 aliphatic heterocycles. The van der Waals surface area contributed by atoms with E-state index in [0.717, 1.165) is 31.2 Å². The Morgan fingerprint density at radius 1 is 0.929 bits per heavy atom. The van der Waals surface area contributed by atoms with E-state index in [1.54, 1.807) is 4.90 Å². The van der Waals surface area contributed by atoms with Gasteiger partial charge in [0.15, 0.2) is 0 Å². The molecule has 5 atom stereocenters. The maximum absolute atomic E-state index is 14.1. The predicted octanol–water partition coefficient (Wildman–Crippen LogP) is 3.22. The Kier molecular flexibility index (Phi) is 9.78. The molecule has 4 rings (SSSR count). The average molecular weight is 581 g/mol. The zero-order chi connectivity index (χ0) is 30.8. The smallest absolute Gasteiger partial charge is 0.289 e. The molecule has 3 N–H and O–H groups in total. The van der Waals surface area contributed by atoms with Crippen molar-refractivity contribution < 1.29 is 24.0 Å². The number of amides is 4. The van der Waals surface area contributed by atoms with E-state index >= 15 is 0 Å². The lowest BCUT2D eigenvalue weighted by Crippen LogP contribution is -2.60.